The predicted octanol–water partition coefficient (Wildman–Crippen LogP) is 5.20. The van der Waals surface area contributed by atoms with Gasteiger partial charge in [0.05, 0.1) is 5.02 Å². The molecule has 158 valence electrons. The van der Waals surface area contributed by atoms with E-state index in [4.69, 9.17) is 15.8 Å². The zero-order valence-electron chi connectivity index (χ0n) is 17.5. The number of rotatable bonds is 8. The molecule has 0 saturated carbocycles. The number of amides is 1. The van der Waals surface area contributed by atoms with Crippen molar-refractivity contribution in [2.45, 2.75) is 58.5 Å². The first kappa shape index (κ1) is 23.2. The van der Waals surface area contributed by atoms with Crippen LogP contribution in [0.5, 0.6) is 5.75 Å². The molecule has 5 nitrogen and oxygen atoms in total. The molecule has 0 saturated heterocycles. The Labute approximate surface area is 178 Å². The third kappa shape index (κ3) is 5.73. The minimum Gasteiger partial charge on any atom is -0.379 e. The van der Waals surface area contributed by atoms with Gasteiger partial charge in [-0.3, -0.25) is 4.79 Å². The van der Waals surface area contributed by atoms with Gasteiger partial charge in [-0.2, -0.15) is 8.42 Å². The van der Waals surface area contributed by atoms with E-state index >= 15 is 0 Å². The molecule has 0 aromatic heterocycles. The SMILES string of the molecule is CC[C@@H](C)N(Cc1ccc(OS(=O)(=O)c2c(C)cccc2Cl)cc1)C(=O)C(C)C. The van der Waals surface area contributed by atoms with Gasteiger partial charge in [0.1, 0.15) is 10.6 Å². The van der Waals surface area contributed by atoms with Crippen LogP contribution in [0.1, 0.15) is 45.2 Å². The number of hydrogen-bond acceptors (Lipinski definition) is 4. The maximum Gasteiger partial charge on any atom is 0.340 e. The summed E-state index contributed by atoms with van der Waals surface area (Å²) in [6.45, 7) is 9.97. The van der Waals surface area contributed by atoms with E-state index in [0.717, 1.165) is 12.0 Å². The van der Waals surface area contributed by atoms with E-state index in [2.05, 4.69) is 0 Å². The molecule has 0 aliphatic carbocycles. The molecule has 0 unspecified atom stereocenters. The zero-order chi connectivity index (χ0) is 21.8. The highest BCUT2D eigenvalue weighted by atomic mass is 35.5. The van der Waals surface area contributed by atoms with Crippen LogP contribution in [0.2, 0.25) is 5.02 Å². The second-order valence-corrected chi connectivity index (χ2v) is 9.34. The van der Waals surface area contributed by atoms with Crippen molar-refractivity contribution in [3.8, 4) is 5.75 Å². The zero-order valence-corrected chi connectivity index (χ0v) is 19.0. The van der Waals surface area contributed by atoms with Crippen LogP contribution in [0.4, 0.5) is 0 Å². The van der Waals surface area contributed by atoms with Crippen molar-refractivity contribution in [2.24, 2.45) is 5.92 Å². The van der Waals surface area contributed by atoms with Crippen molar-refractivity contribution in [3.63, 3.8) is 0 Å². The van der Waals surface area contributed by atoms with Crippen molar-refractivity contribution < 1.29 is 17.4 Å². The lowest BCUT2D eigenvalue weighted by atomic mass is 10.1. The third-order valence-electron chi connectivity index (χ3n) is 4.80. The Kier molecular flexibility index (Phi) is 7.72. The first-order valence-corrected chi connectivity index (χ1v) is 11.4. The van der Waals surface area contributed by atoms with Crippen molar-refractivity contribution >= 4 is 27.6 Å². The minimum atomic E-state index is -4.05. The molecular formula is C22H28ClNO4S. The molecule has 0 bridgehead atoms. The topological polar surface area (TPSA) is 63.7 Å². The molecule has 0 radical (unpaired) electrons. The lowest BCUT2D eigenvalue weighted by Crippen LogP contribution is -2.40. The number of nitrogens with zero attached hydrogens (tertiary/aromatic N) is 1. The lowest BCUT2D eigenvalue weighted by molar-refractivity contribution is -0.137. The Morgan fingerprint density at radius 1 is 1.10 bits per heavy atom. The summed E-state index contributed by atoms with van der Waals surface area (Å²) in [4.78, 5) is 14.4. The highest BCUT2D eigenvalue weighted by Crippen LogP contribution is 2.28. The van der Waals surface area contributed by atoms with Gasteiger partial charge in [-0.25, -0.2) is 0 Å². The van der Waals surface area contributed by atoms with E-state index in [0.29, 0.717) is 12.1 Å². The molecule has 2 aromatic rings. The molecule has 29 heavy (non-hydrogen) atoms. The van der Waals surface area contributed by atoms with Crippen LogP contribution in [0.25, 0.3) is 0 Å². The van der Waals surface area contributed by atoms with E-state index in [1.54, 1.807) is 43.3 Å². The van der Waals surface area contributed by atoms with Crippen molar-refractivity contribution in [3.05, 3.63) is 58.6 Å². The fourth-order valence-corrected chi connectivity index (χ4v) is 4.67. The van der Waals surface area contributed by atoms with Crippen LogP contribution in [0, 0.1) is 12.8 Å². The summed E-state index contributed by atoms with van der Waals surface area (Å²) >= 11 is 6.06. The number of carbonyl (C=O) groups excluding carboxylic acids is 1. The summed E-state index contributed by atoms with van der Waals surface area (Å²) in [6.07, 6.45) is 0.856. The van der Waals surface area contributed by atoms with Gasteiger partial charge in [0, 0.05) is 18.5 Å². The second-order valence-electron chi connectivity index (χ2n) is 7.45. The number of benzene rings is 2. The summed E-state index contributed by atoms with van der Waals surface area (Å²) in [5.41, 5.74) is 1.42. The van der Waals surface area contributed by atoms with Crippen molar-refractivity contribution in [1.82, 2.24) is 4.90 Å². The van der Waals surface area contributed by atoms with Crippen LogP contribution in [0.15, 0.2) is 47.4 Å². The van der Waals surface area contributed by atoms with Crippen LogP contribution >= 0.6 is 11.6 Å². The first-order valence-electron chi connectivity index (χ1n) is 9.65. The van der Waals surface area contributed by atoms with Gasteiger partial charge in [0.15, 0.2) is 0 Å². The molecule has 0 N–H and O–H groups in total. The van der Waals surface area contributed by atoms with Gasteiger partial charge in [-0.05, 0) is 49.6 Å². The molecule has 1 atom stereocenters. The molecule has 0 fully saturated rings. The quantitative estimate of drug-likeness (QED) is 0.532. The fraction of sp³-hybridized carbons (Fsp3) is 0.409. The van der Waals surface area contributed by atoms with Crippen molar-refractivity contribution in [2.75, 3.05) is 0 Å². The first-order chi connectivity index (χ1) is 13.6. The number of hydrogen-bond donors (Lipinski definition) is 0. The fourth-order valence-electron chi connectivity index (χ4n) is 2.95. The van der Waals surface area contributed by atoms with E-state index in [9.17, 15) is 13.2 Å². The van der Waals surface area contributed by atoms with Gasteiger partial charge < -0.3 is 9.08 Å². The highest BCUT2D eigenvalue weighted by Gasteiger charge is 2.24. The molecule has 0 aliphatic heterocycles. The van der Waals surface area contributed by atoms with Crippen LogP contribution in [-0.4, -0.2) is 25.3 Å². The Balaban J connectivity index is 2.20. The van der Waals surface area contributed by atoms with Gasteiger partial charge >= 0.3 is 10.1 Å². The molecule has 0 heterocycles. The van der Waals surface area contributed by atoms with E-state index in [1.807, 2.05) is 32.6 Å². The van der Waals surface area contributed by atoms with E-state index in [1.165, 1.54) is 6.07 Å². The summed E-state index contributed by atoms with van der Waals surface area (Å²) < 4.78 is 30.5. The Morgan fingerprint density at radius 3 is 2.24 bits per heavy atom. The smallest absolute Gasteiger partial charge is 0.340 e. The maximum absolute atomic E-state index is 12.6. The van der Waals surface area contributed by atoms with Crippen molar-refractivity contribution in [1.29, 1.82) is 0 Å². The van der Waals surface area contributed by atoms with Gasteiger partial charge in [-0.15, -0.1) is 0 Å². The molecule has 2 rings (SSSR count). The standard InChI is InChI=1S/C22H28ClNO4S/c1-6-17(5)24(22(25)15(2)3)14-18-10-12-19(13-11-18)28-29(26,27)21-16(4)8-7-9-20(21)23/h7-13,15,17H,6,14H2,1-5H3/t17-/m1/s1. The summed E-state index contributed by atoms with van der Waals surface area (Å²) in [7, 11) is -4.05. The third-order valence-corrected chi connectivity index (χ3v) is 6.68. The lowest BCUT2D eigenvalue weighted by Gasteiger charge is -2.30. The Bertz CT molecular complexity index is 935. The van der Waals surface area contributed by atoms with Gasteiger partial charge in [0.25, 0.3) is 0 Å². The highest BCUT2D eigenvalue weighted by molar-refractivity contribution is 7.87. The van der Waals surface area contributed by atoms with Gasteiger partial charge in [0.2, 0.25) is 5.91 Å². The van der Waals surface area contributed by atoms with Crippen LogP contribution < -0.4 is 4.18 Å². The molecule has 0 aliphatic rings. The number of aryl methyl sites for hydroxylation is 1. The molecule has 0 spiro atoms. The maximum atomic E-state index is 12.6. The van der Waals surface area contributed by atoms with E-state index in [-0.39, 0.29) is 33.5 Å². The monoisotopic (exact) mass is 437 g/mol. The van der Waals surface area contributed by atoms with Crippen LogP contribution in [-0.2, 0) is 21.5 Å². The summed E-state index contributed by atoms with van der Waals surface area (Å²) in [6, 6.07) is 11.7. The molecule has 7 heteroatoms. The number of carbonyl (C=O) groups is 1. The van der Waals surface area contributed by atoms with Crippen LogP contribution in [0.3, 0.4) is 0 Å². The molecule has 1 amide bonds. The molecule has 2 aromatic carbocycles. The minimum absolute atomic E-state index is 0.0313. The Morgan fingerprint density at radius 2 is 1.72 bits per heavy atom. The second kappa shape index (κ2) is 9.63. The van der Waals surface area contributed by atoms with E-state index < -0.39 is 10.1 Å². The van der Waals surface area contributed by atoms with Gasteiger partial charge in [-0.1, -0.05) is 56.6 Å². The summed E-state index contributed by atoms with van der Waals surface area (Å²) in [5.74, 6) is 0.199. The Hall–Kier alpha value is -2.05. The predicted molar refractivity (Wildman–Crippen MR) is 116 cm³/mol. The largest absolute Gasteiger partial charge is 0.379 e. The molecular weight excluding hydrogens is 410 g/mol. The number of halogens is 1. The normalized spacial score (nSPS) is 12.7. The summed E-state index contributed by atoms with van der Waals surface area (Å²) in [5, 5.41) is 0.123. The average molecular weight is 438 g/mol. The average Bonchev–Trinajstić information content (AvgIpc) is 2.65.